The predicted octanol–water partition coefficient (Wildman–Crippen LogP) is 4.18. The fourth-order valence-corrected chi connectivity index (χ4v) is 2.32. The molecule has 1 unspecified atom stereocenters. The highest BCUT2D eigenvalue weighted by Gasteiger charge is 2.24. The van der Waals surface area contributed by atoms with Gasteiger partial charge in [0.2, 0.25) is 0 Å². The first-order chi connectivity index (χ1) is 9.06. The van der Waals surface area contributed by atoms with Crippen LogP contribution in [0.1, 0.15) is 17.2 Å². The van der Waals surface area contributed by atoms with Gasteiger partial charge < -0.3 is 5.32 Å². The molecule has 0 aliphatic carbocycles. The molecule has 0 heterocycles. The van der Waals surface area contributed by atoms with Crippen molar-refractivity contribution in [3.8, 4) is 0 Å². The molecule has 5 heteroatoms. The molecule has 2 aromatic rings. The highest BCUT2D eigenvalue weighted by molar-refractivity contribution is 9.10. The van der Waals surface area contributed by atoms with Crippen molar-refractivity contribution in [1.82, 2.24) is 5.32 Å². The van der Waals surface area contributed by atoms with E-state index in [9.17, 15) is 13.2 Å². The van der Waals surface area contributed by atoms with E-state index in [1.807, 2.05) is 0 Å². The molecule has 100 valence electrons. The van der Waals surface area contributed by atoms with Gasteiger partial charge in [0, 0.05) is 11.1 Å². The molecule has 19 heavy (non-hydrogen) atoms. The molecule has 0 radical (unpaired) electrons. The highest BCUT2D eigenvalue weighted by atomic mass is 79.9. The minimum Gasteiger partial charge on any atom is -0.309 e. The fourth-order valence-electron chi connectivity index (χ4n) is 1.97. The van der Waals surface area contributed by atoms with Crippen molar-refractivity contribution in [3.05, 3.63) is 69.4 Å². The lowest BCUT2D eigenvalue weighted by atomic mass is 9.97. The Labute approximate surface area is 117 Å². The summed E-state index contributed by atoms with van der Waals surface area (Å²) in [5, 5.41) is 2.74. The van der Waals surface area contributed by atoms with E-state index < -0.39 is 23.5 Å². The highest BCUT2D eigenvalue weighted by Crippen LogP contribution is 2.31. The van der Waals surface area contributed by atoms with E-state index in [-0.39, 0.29) is 15.6 Å². The maximum atomic E-state index is 14.1. The van der Waals surface area contributed by atoms with Crippen LogP contribution in [0.4, 0.5) is 13.2 Å². The molecular formula is C14H11BrF3N. The second kappa shape index (κ2) is 5.75. The Bertz CT molecular complexity index is 601. The molecule has 0 amide bonds. The molecule has 2 aromatic carbocycles. The van der Waals surface area contributed by atoms with Crippen molar-refractivity contribution in [2.45, 2.75) is 6.04 Å². The minimum atomic E-state index is -0.890. The van der Waals surface area contributed by atoms with Crippen LogP contribution in [0.5, 0.6) is 0 Å². The van der Waals surface area contributed by atoms with Crippen LogP contribution in [0.2, 0.25) is 0 Å². The summed E-state index contributed by atoms with van der Waals surface area (Å²) in [6, 6.07) is 7.44. The van der Waals surface area contributed by atoms with Crippen LogP contribution < -0.4 is 5.32 Å². The number of rotatable bonds is 3. The molecular weight excluding hydrogens is 319 g/mol. The number of hydrogen-bond acceptors (Lipinski definition) is 1. The molecule has 0 bridgehead atoms. The van der Waals surface area contributed by atoms with Crippen molar-refractivity contribution >= 4 is 15.9 Å². The molecule has 1 N–H and O–H groups in total. The van der Waals surface area contributed by atoms with Gasteiger partial charge in [-0.2, -0.15) is 0 Å². The molecule has 0 fully saturated rings. The smallest absolute Gasteiger partial charge is 0.145 e. The Kier molecular flexibility index (Phi) is 4.27. The molecule has 2 rings (SSSR count). The van der Waals surface area contributed by atoms with Crippen LogP contribution in [0.25, 0.3) is 0 Å². The van der Waals surface area contributed by atoms with Crippen molar-refractivity contribution < 1.29 is 13.2 Å². The van der Waals surface area contributed by atoms with Gasteiger partial charge in [0.05, 0.1) is 10.5 Å². The maximum Gasteiger partial charge on any atom is 0.145 e. The molecule has 0 spiro atoms. The van der Waals surface area contributed by atoms with E-state index in [1.165, 1.54) is 31.3 Å². The summed E-state index contributed by atoms with van der Waals surface area (Å²) in [7, 11) is 1.52. The molecule has 0 aromatic heterocycles. The van der Waals surface area contributed by atoms with Gasteiger partial charge in [-0.05, 0) is 41.2 Å². The van der Waals surface area contributed by atoms with E-state index in [0.717, 1.165) is 6.07 Å². The first-order valence-electron chi connectivity index (χ1n) is 5.61. The van der Waals surface area contributed by atoms with Crippen LogP contribution in [0.3, 0.4) is 0 Å². The maximum absolute atomic E-state index is 14.1. The summed E-state index contributed by atoms with van der Waals surface area (Å²) in [6.45, 7) is 0. The van der Waals surface area contributed by atoms with Gasteiger partial charge in [-0.1, -0.05) is 18.2 Å². The monoisotopic (exact) mass is 329 g/mol. The minimum absolute atomic E-state index is 0.139. The average molecular weight is 330 g/mol. The zero-order valence-corrected chi connectivity index (χ0v) is 11.6. The molecule has 0 aliphatic rings. The second-order valence-electron chi connectivity index (χ2n) is 4.00. The van der Waals surface area contributed by atoms with Crippen LogP contribution >= 0.6 is 15.9 Å². The second-order valence-corrected chi connectivity index (χ2v) is 4.85. The third-order valence-electron chi connectivity index (χ3n) is 2.87. The Morgan fingerprint density at radius 1 is 1.00 bits per heavy atom. The van der Waals surface area contributed by atoms with Crippen molar-refractivity contribution in [1.29, 1.82) is 0 Å². The van der Waals surface area contributed by atoms with Crippen LogP contribution in [0, 0.1) is 17.5 Å². The Hall–Kier alpha value is -1.33. The van der Waals surface area contributed by atoms with Crippen molar-refractivity contribution in [3.63, 3.8) is 0 Å². The Morgan fingerprint density at radius 3 is 2.32 bits per heavy atom. The topological polar surface area (TPSA) is 12.0 Å². The summed E-state index contributed by atoms with van der Waals surface area (Å²) >= 11 is 3.01. The fraction of sp³-hybridized carbons (Fsp3) is 0.143. The molecule has 0 aliphatic heterocycles. The molecule has 0 saturated carbocycles. The first-order valence-corrected chi connectivity index (χ1v) is 6.40. The normalized spacial score (nSPS) is 12.5. The first kappa shape index (κ1) is 14.1. The van der Waals surface area contributed by atoms with Gasteiger partial charge >= 0.3 is 0 Å². The molecule has 1 nitrogen and oxygen atoms in total. The lowest BCUT2D eigenvalue weighted by molar-refractivity contribution is 0.505. The standard InChI is InChI=1S/C14H11BrF3N/c1-19-14(8-4-2-3-5-10(8)16)12-11(17)7-6-9(15)13(12)18/h2-7,14,19H,1H3. The molecule has 0 saturated heterocycles. The van der Waals surface area contributed by atoms with Gasteiger partial charge in [-0.3, -0.25) is 0 Å². The number of halogens is 4. The van der Waals surface area contributed by atoms with Gasteiger partial charge in [0.1, 0.15) is 17.5 Å². The summed E-state index contributed by atoms with van der Waals surface area (Å²) in [4.78, 5) is 0. The van der Waals surface area contributed by atoms with Gasteiger partial charge in [0.25, 0.3) is 0 Å². The van der Waals surface area contributed by atoms with Crippen LogP contribution in [-0.4, -0.2) is 7.05 Å². The predicted molar refractivity (Wildman–Crippen MR) is 71.4 cm³/mol. The largest absolute Gasteiger partial charge is 0.309 e. The lowest BCUT2D eigenvalue weighted by Crippen LogP contribution is -2.21. The summed E-state index contributed by atoms with van der Waals surface area (Å²) in [5.41, 5.74) is -0.0112. The number of benzene rings is 2. The van der Waals surface area contributed by atoms with Gasteiger partial charge in [-0.25, -0.2) is 13.2 Å². The summed E-state index contributed by atoms with van der Waals surface area (Å²) in [6.07, 6.45) is 0. The van der Waals surface area contributed by atoms with E-state index in [1.54, 1.807) is 6.07 Å². The lowest BCUT2D eigenvalue weighted by Gasteiger charge is -2.19. The van der Waals surface area contributed by atoms with Gasteiger partial charge in [-0.15, -0.1) is 0 Å². The van der Waals surface area contributed by atoms with E-state index in [2.05, 4.69) is 21.2 Å². The molecule has 1 atom stereocenters. The van der Waals surface area contributed by atoms with Crippen LogP contribution in [0.15, 0.2) is 40.9 Å². The number of nitrogens with one attached hydrogen (secondary N) is 1. The third kappa shape index (κ3) is 2.67. The van der Waals surface area contributed by atoms with Crippen molar-refractivity contribution in [2.75, 3.05) is 7.05 Å². The summed E-state index contributed by atoms with van der Waals surface area (Å²) in [5.74, 6) is -1.97. The van der Waals surface area contributed by atoms with E-state index in [4.69, 9.17) is 0 Å². The van der Waals surface area contributed by atoms with Crippen LogP contribution in [-0.2, 0) is 0 Å². The summed E-state index contributed by atoms with van der Waals surface area (Å²) < 4.78 is 41.8. The zero-order chi connectivity index (χ0) is 14.0. The van der Waals surface area contributed by atoms with E-state index >= 15 is 0 Å². The van der Waals surface area contributed by atoms with Gasteiger partial charge in [0.15, 0.2) is 0 Å². The Balaban J connectivity index is 2.61. The van der Waals surface area contributed by atoms with E-state index in [0.29, 0.717) is 0 Å². The SMILES string of the molecule is CNC(c1ccccc1F)c1c(F)ccc(Br)c1F. The Morgan fingerprint density at radius 2 is 1.68 bits per heavy atom. The quantitative estimate of drug-likeness (QED) is 0.833. The number of hydrogen-bond donors (Lipinski definition) is 1. The third-order valence-corrected chi connectivity index (χ3v) is 3.49. The zero-order valence-electron chi connectivity index (χ0n) is 10.1. The average Bonchev–Trinajstić information content (AvgIpc) is 2.40. The van der Waals surface area contributed by atoms with Crippen molar-refractivity contribution in [2.24, 2.45) is 0 Å².